The van der Waals surface area contributed by atoms with Crippen molar-refractivity contribution in [2.24, 2.45) is 0 Å². The Morgan fingerprint density at radius 3 is 3.12 bits per heavy atom. The molecule has 1 aliphatic heterocycles. The number of hydrogen-bond acceptors (Lipinski definition) is 7. The summed E-state index contributed by atoms with van der Waals surface area (Å²) in [6.07, 6.45) is 3.79. The van der Waals surface area contributed by atoms with Gasteiger partial charge in [-0.15, -0.1) is 0 Å². The van der Waals surface area contributed by atoms with Gasteiger partial charge in [-0.3, -0.25) is 14.6 Å². The van der Waals surface area contributed by atoms with Crippen molar-refractivity contribution in [2.45, 2.75) is 38.9 Å². The first-order chi connectivity index (χ1) is 12.1. The molecule has 2 aromatic heterocycles. The molecule has 25 heavy (non-hydrogen) atoms. The SMILES string of the molecule is Cc1nc(CN2CCC[C@H](N(C)CC(=O)NCc3ccco3)C2)no1. The number of nitrogens with zero attached hydrogens (tertiary/aromatic N) is 4. The highest BCUT2D eigenvalue weighted by Gasteiger charge is 2.25. The van der Waals surface area contributed by atoms with Crippen LogP contribution < -0.4 is 5.32 Å². The Morgan fingerprint density at radius 1 is 1.52 bits per heavy atom. The molecule has 0 aromatic carbocycles. The van der Waals surface area contributed by atoms with Gasteiger partial charge >= 0.3 is 0 Å². The van der Waals surface area contributed by atoms with Crippen molar-refractivity contribution in [1.82, 2.24) is 25.3 Å². The molecule has 1 fully saturated rings. The Hall–Kier alpha value is -2.19. The van der Waals surface area contributed by atoms with Gasteiger partial charge in [0.25, 0.3) is 0 Å². The first kappa shape index (κ1) is 17.6. The number of carbonyl (C=O) groups excluding carboxylic acids is 1. The van der Waals surface area contributed by atoms with E-state index in [9.17, 15) is 4.79 Å². The van der Waals surface area contributed by atoms with Gasteiger partial charge in [0.2, 0.25) is 11.8 Å². The monoisotopic (exact) mass is 347 g/mol. The molecule has 3 heterocycles. The van der Waals surface area contributed by atoms with Crippen LogP contribution in [0.15, 0.2) is 27.3 Å². The number of piperidine rings is 1. The molecule has 3 rings (SSSR count). The van der Waals surface area contributed by atoms with Crippen molar-refractivity contribution < 1.29 is 13.7 Å². The molecule has 1 atom stereocenters. The lowest BCUT2D eigenvalue weighted by atomic mass is 10.0. The van der Waals surface area contributed by atoms with Crippen LogP contribution in [0.2, 0.25) is 0 Å². The highest BCUT2D eigenvalue weighted by molar-refractivity contribution is 5.77. The number of likely N-dealkylation sites (tertiary alicyclic amines) is 1. The summed E-state index contributed by atoms with van der Waals surface area (Å²) in [4.78, 5) is 20.8. The third-order valence-electron chi connectivity index (χ3n) is 4.47. The van der Waals surface area contributed by atoms with Crippen LogP contribution >= 0.6 is 0 Å². The van der Waals surface area contributed by atoms with E-state index < -0.39 is 0 Å². The molecule has 0 spiro atoms. The number of carbonyl (C=O) groups is 1. The number of nitrogens with one attached hydrogen (secondary N) is 1. The summed E-state index contributed by atoms with van der Waals surface area (Å²) in [5, 5.41) is 6.85. The van der Waals surface area contributed by atoms with Gasteiger partial charge in [0.15, 0.2) is 5.82 Å². The number of amides is 1. The molecule has 0 radical (unpaired) electrons. The van der Waals surface area contributed by atoms with Crippen LogP contribution in [0.4, 0.5) is 0 Å². The first-order valence-electron chi connectivity index (χ1n) is 8.61. The van der Waals surface area contributed by atoms with Crippen molar-refractivity contribution in [3.63, 3.8) is 0 Å². The van der Waals surface area contributed by atoms with Gasteiger partial charge in [0.1, 0.15) is 5.76 Å². The standard InChI is InChI=1S/C17H25N5O3/c1-13-19-16(20-25-13)11-22-7-3-5-14(10-22)21(2)12-17(23)18-9-15-6-4-8-24-15/h4,6,8,14H,3,5,7,9-12H2,1-2H3,(H,18,23)/t14-/m0/s1. The third kappa shape index (κ3) is 5.14. The van der Waals surface area contributed by atoms with Crippen molar-refractivity contribution in [3.8, 4) is 0 Å². The smallest absolute Gasteiger partial charge is 0.234 e. The van der Waals surface area contributed by atoms with Gasteiger partial charge < -0.3 is 14.3 Å². The van der Waals surface area contributed by atoms with Crippen LogP contribution in [-0.4, -0.2) is 58.6 Å². The van der Waals surface area contributed by atoms with E-state index in [2.05, 4.69) is 25.3 Å². The van der Waals surface area contributed by atoms with E-state index >= 15 is 0 Å². The molecule has 136 valence electrons. The second-order valence-corrected chi connectivity index (χ2v) is 6.53. The highest BCUT2D eigenvalue weighted by Crippen LogP contribution is 2.16. The minimum Gasteiger partial charge on any atom is -0.467 e. The lowest BCUT2D eigenvalue weighted by Crippen LogP contribution is -2.49. The van der Waals surface area contributed by atoms with Gasteiger partial charge in [-0.05, 0) is 38.6 Å². The van der Waals surface area contributed by atoms with E-state index in [0.717, 1.165) is 37.5 Å². The number of aryl methyl sites for hydroxylation is 1. The van der Waals surface area contributed by atoms with Crippen LogP contribution in [0.3, 0.4) is 0 Å². The molecule has 0 bridgehead atoms. The number of hydrogen-bond donors (Lipinski definition) is 1. The van der Waals surface area contributed by atoms with E-state index in [1.807, 2.05) is 19.2 Å². The Labute approximate surface area is 147 Å². The van der Waals surface area contributed by atoms with Gasteiger partial charge in [-0.1, -0.05) is 5.16 Å². The Balaban J connectivity index is 1.44. The number of aromatic nitrogens is 2. The average Bonchev–Trinajstić information content (AvgIpc) is 3.25. The molecule has 1 N–H and O–H groups in total. The molecule has 0 unspecified atom stereocenters. The van der Waals surface area contributed by atoms with Crippen LogP contribution in [0.25, 0.3) is 0 Å². The Bertz CT molecular complexity index is 670. The minimum atomic E-state index is 0.00446. The van der Waals surface area contributed by atoms with E-state index in [-0.39, 0.29) is 5.91 Å². The number of likely N-dealkylation sites (N-methyl/N-ethyl adjacent to an activating group) is 1. The largest absolute Gasteiger partial charge is 0.467 e. The molecular formula is C17H25N5O3. The molecule has 1 saturated heterocycles. The fraction of sp³-hybridized carbons (Fsp3) is 0.588. The van der Waals surface area contributed by atoms with Crippen LogP contribution in [0.5, 0.6) is 0 Å². The fourth-order valence-corrected chi connectivity index (χ4v) is 3.15. The maximum Gasteiger partial charge on any atom is 0.234 e. The third-order valence-corrected chi connectivity index (χ3v) is 4.47. The lowest BCUT2D eigenvalue weighted by Gasteiger charge is -2.36. The number of furan rings is 1. The first-order valence-corrected chi connectivity index (χ1v) is 8.61. The van der Waals surface area contributed by atoms with Gasteiger partial charge in [0, 0.05) is 19.5 Å². The normalized spacial score (nSPS) is 18.6. The average molecular weight is 347 g/mol. The molecule has 0 aliphatic carbocycles. The molecule has 2 aromatic rings. The second kappa shape index (κ2) is 8.26. The predicted octanol–water partition coefficient (Wildman–Crippen LogP) is 1.18. The summed E-state index contributed by atoms with van der Waals surface area (Å²) in [6, 6.07) is 4.01. The lowest BCUT2D eigenvalue weighted by molar-refractivity contribution is -0.123. The van der Waals surface area contributed by atoms with Crippen molar-refractivity contribution >= 4 is 5.91 Å². The van der Waals surface area contributed by atoms with Gasteiger partial charge in [0.05, 0.1) is 25.9 Å². The zero-order valence-electron chi connectivity index (χ0n) is 14.8. The highest BCUT2D eigenvalue weighted by atomic mass is 16.5. The van der Waals surface area contributed by atoms with Crippen molar-refractivity contribution in [1.29, 1.82) is 0 Å². The van der Waals surface area contributed by atoms with Crippen molar-refractivity contribution in [2.75, 3.05) is 26.7 Å². The summed E-state index contributed by atoms with van der Waals surface area (Å²) in [5.74, 6) is 2.07. The van der Waals surface area contributed by atoms with Gasteiger partial charge in [-0.25, -0.2) is 0 Å². The van der Waals surface area contributed by atoms with Crippen LogP contribution in [0, 0.1) is 6.92 Å². The van der Waals surface area contributed by atoms with Crippen molar-refractivity contribution in [3.05, 3.63) is 35.9 Å². The molecular weight excluding hydrogens is 322 g/mol. The summed E-state index contributed by atoms with van der Waals surface area (Å²) in [7, 11) is 2.00. The van der Waals surface area contributed by atoms with E-state index in [4.69, 9.17) is 8.94 Å². The summed E-state index contributed by atoms with van der Waals surface area (Å²) in [5.41, 5.74) is 0. The number of rotatable bonds is 7. The molecule has 8 heteroatoms. The Morgan fingerprint density at radius 2 is 2.40 bits per heavy atom. The van der Waals surface area contributed by atoms with E-state index in [1.165, 1.54) is 0 Å². The minimum absolute atomic E-state index is 0.00446. The molecule has 1 amide bonds. The van der Waals surface area contributed by atoms with Gasteiger partial charge in [-0.2, -0.15) is 4.98 Å². The molecule has 8 nitrogen and oxygen atoms in total. The van der Waals surface area contributed by atoms with E-state index in [0.29, 0.717) is 31.6 Å². The summed E-state index contributed by atoms with van der Waals surface area (Å²) < 4.78 is 10.3. The van der Waals surface area contributed by atoms with Crippen LogP contribution in [0.1, 0.15) is 30.3 Å². The fourth-order valence-electron chi connectivity index (χ4n) is 3.15. The topological polar surface area (TPSA) is 87.6 Å². The summed E-state index contributed by atoms with van der Waals surface area (Å²) in [6.45, 7) is 5.20. The maximum absolute atomic E-state index is 12.1. The van der Waals surface area contributed by atoms with Crippen LogP contribution in [-0.2, 0) is 17.9 Å². The molecule has 0 saturated carbocycles. The second-order valence-electron chi connectivity index (χ2n) is 6.53. The zero-order valence-corrected chi connectivity index (χ0v) is 14.8. The summed E-state index contributed by atoms with van der Waals surface area (Å²) >= 11 is 0. The van der Waals surface area contributed by atoms with E-state index in [1.54, 1.807) is 13.2 Å². The predicted molar refractivity (Wildman–Crippen MR) is 90.5 cm³/mol. The molecule has 1 aliphatic rings. The Kier molecular flexibility index (Phi) is 5.83. The zero-order chi connectivity index (χ0) is 17.6. The quantitative estimate of drug-likeness (QED) is 0.805. The maximum atomic E-state index is 12.1.